The van der Waals surface area contributed by atoms with Crippen molar-refractivity contribution in [3.05, 3.63) is 0 Å². The first-order valence-electron chi connectivity index (χ1n) is 8.32. The van der Waals surface area contributed by atoms with Crippen LogP contribution in [0.2, 0.25) is 0 Å². The molecule has 3 unspecified atom stereocenters. The molecule has 1 aliphatic heterocycles. The van der Waals surface area contributed by atoms with Gasteiger partial charge in [-0.05, 0) is 38.0 Å². The van der Waals surface area contributed by atoms with Crippen LogP contribution in [0.25, 0.3) is 0 Å². The number of carboxylic acid groups (broad SMARTS) is 1. The number of carbonyl (C=O) groups is 2. The van der Waals surface area contributed by atoms with Crippen molar-refractivity contribution < 1.29 is 14.7 Å². The highest BCUT2D eigenvalue weighted by Crippen LogP contribution is 2.38. The number of hydrogen-bond acceptors (Lipinski definition) is 2. The number of unbranched alkanes of at least 4 members (excludes halogenated alkanes) is 1. The van der Waals surface area contributed by atoms with Crippen LogP contribution in [0.1, 0.15) is 58.3 Å². The van der Waals surface area contributed by atoms with Crippen LogP contribution in [-0.4, -0.2) is 52.6 Å². The molecule has 0 bridgehead atoms. The Morgan fingerprint density at radius 3 is 2.57 bits per heavy atom. The second-order valence-electron chi connectivity index (χ2n) is 6.51. The maximum absolute atomic E-state index is 12.8. The maximum Gasteiger partial charge on any atom is 0.326 e. The van der Waals surface area contributed by atoms with Crippen LogP contribution in [0.15, 0.2) is 0 Å². The molecule has 0 aromatic rings. The molecule has 120 valence electrons. The van der Waals surface area contributed by atoms with Crippen molar-refractivity contribution in [1.29, 1.82) is 0 Å². The number of nitrogens with zero attached hydrogens (tertiary/aromatic N) is 2. The van der Waals surface area contributed by atoms with E-state index in [2.05, 4.69) is 6.92 Å². The molecule has 1 saturated heterocycles. The standard InChI is InChI=1S/C16H28N2O3/c1-3-4-11-17(2)16(21)18-13-8-6-5-7-12(13)9-10-14(18)15(19)20/h12-14H,3-11H2,1-2H3,(H,19,20). The van der Waals surface area contributed by atoms with E-state index in [1.807, 2.05) is 0 Å². The van der Waals surface area contributed by atoms with Gasteiger partial charge in [0.1, 0.15) is 6.04 Å². The number of urea groups is 1. The Morgan fingerprint density at radius 1 is 1.19 bits per heavy atom. The van der Waals surface area contributed by atoms with E-state index in [-0.39, 0.29) is 12.1 Å². The molecule has 1 heterocycles. The first-order valence-corrected chi connectivity index (χ1v) is 8.32. The molecule has 5 nitrogen and oxygen atoms in total. The number of piperidine rings is 1. The normalized spacial score (nSPS) is 28.9. The van der Waals surface area contributed by atoms with E-state index in [0.29, 0.717) is 18.9 Å². The zero-order valence-electron chi connectivity index (χ0n) is 13.3. The van der Waals surface area contributed by atoms with E-state index in [4.69, 9.17) is 0 Å². The molecule has 1 saturated carbocycles. The lowest BCUT2D eigenvalue weighted by Crippen LogP contribution is -2.60. The summed E-state index contributed by atoms with van der Waals surface area (Å²) in [5.74, 6) is -0.353. The highest BCUT2D eigenvalue weighted by molar-refractivity contribution is 5.83. The molecule has 2 rings (SSSR count). The number of carbonyl (C=O) groups excluding carboxylic acids is 1. The van der Waals surface area contributed by atoms with Crippen molar-refractivity contribution in [3.63, 3.8) is 0 Å². The van der Waals surface area contributed by atoms with Crippen LogP contribution in [0, 0.1) is 5.92 Å². The lowest BCUT2D eigenvalue weighted by molar-refractivity contribution is -0.146. The Hall–Kier alpha value is -1.26. The highest BCUT2D eigenvalue weighted by atomic mass is 16.4. The third kappa shape index (κ3) is 3.50. The number of aliphatic carboxylic acids is 1. The van der Waals surface area contributed by atoms with Gasteiger partial charge in [0, 0.05) is 19.6 Å². The van der Waals surface area contributed by atoms with Gasteiger partial charge in [0.05, 0.1) is 0 Å². The first-order chi connectivity index (χ1) is 10.1. The number of fused-ring (bicyclic) bond motifs is 1. The fourth-order valence-corrected chi connectivity index (χ4v) is 3.84. The molecule has 0 radical (unpaired) electrons. The highest BCUT2D eigenvalue weighted by Gasteiger charge is 2.44. The van der Waals surface area contributed by atoms with E-state index in [9.17, 15) is 14.7 Å². The van der Waals surface area contributed by atoms with Gasteiger partial charge in [-0.3, -0.25) is 0 Å². The molecule has 0 aromatic carbocycles. The first kappa shape index (κ1) is 16.1. The molecule has 2 aliphatic rings. The average molecular weight is 296 g/mol. The minimum absolute atomic E-state index is 0.0903. The Bertz CT molecular complexity index is 386. The summed E-state index contributed by atoms with van der Waals surface area (Å²) in [4.78, 5) is 27.7. The predicted molar refractivity (Wildman–Crippen MR) is 81.2 cm³/mol. The fourth-order valence-electron chi connectivity index (χ4n) is 3.84. The summed E-state index contributed by atoms with van der Waals surface area (Å²) in [7, 11) is 1.79. The Kier molecular flexibility index (Phi) is 5.48. The van der Waals surface area contributed by atoms with Gasteiger partial charge < -0.3 is 14.9 Å². The van der Waals surface area contributed by atoms with E-state index in [1.54, 1.807) is 16.8 Å². The van der Waals surface area contributed by atoms with Crippen molar-refractivity contribution in [2.45, 2.75) is 70.4 Å². The molecular formula is C16H28N2O3. The number of carboxylic acids is 1. The van der Waals surface area contributed by atoms with Crippen molar-refractivity contribution >= 4 is 12.0 Å². The fraction of sp³-hybridized carbons (Fsp3) is 0.875. The van der Waals surface area contributed by atoms with Crippen LogP contribution >= 0.6 is 0 Å². The lowest BCUT2D eigenvalue weighted by atomic mass is 9.76. The summed E-state index contributed by atoms with van der Waals surface area (Å²) in [6.07, 6.45) is 7.96. The summed E-state index contributed by atoms with van der Waals surface area (Å²) in [5, 5.41) is 9.49. The average Bonchev–Trinajstić information content (AvgIpc) is 2.50. The van der Waals surface area contributed by atoms with Crippen LogP contribution in [0.5, 0.6) is 0 Å². The van der Waals surface area contributed by atoms with Crippen LogP contribution in [0.4, 0.5) is 4.79 Å². The lowest BCUT2D eigenvalue weighted by Gasteiger charge is -2.48. The van der Waals surface area contributed by atoms with E-state index in [1.165, 1.54) is 6.42 Å². The monoisotopic (exact) mass is 296 g/mol. The van der Waals surface area contributed by atoms with Crippen molar-refractivity contribution in [2.75, 3.05) is 13.6 Å². The van der Waals surface area contributed by atoms with Gasteiger partial charge in [0.15, 0.2) is 0 Å². The van der Waals surface area contributed by atoms with Gasteiger partial charge in [-0.15, -0.1) is 0 Å². The van der Waals surface area contributed by atoms with Crippen molar-refractivity contribution in [1.82, 2.24) is 9.80 Å². The van der Waals surface area contributed by atoms with Crippen molar-refractivity contribution in [3.8, 4) is 0 Å². The molecule has 21 heavy (non-hydrogen) atoms. The van der Waals surface area contributed by atoms with Crippen LogP contribution in [-0.2, 0) is 4.79 Å². The Balaban J connectivity index is 2.15. The molecule has 1 N–H and O–H groups in total. The summed E-state index contributed by atoms with van der Waals surface area (Å²) >= 11 is 0. The van der Waals surface area contributed by atoms with E-state index in [0.717, 1.165) is 38.5 Å². The van der Waals surface area contributed by atoms with Crippen LogP contribution < -0.4 is 0 Å². The molecule has 0 aromatic heterocycles. The maximum atomic E-state index is 12.8. The minimum atomic E-state index is -0.851. The third-order valence-corrected chi connectivity index (χ3v) is 5.05. The molecule has 2 amide bonds. The van der Waals surface area contributed by atoms with Crippen LogP contribution in [0.3, 0.4) is 0 Å². The molecular weight excluding hydrogens is 268 g/mol. The number of likely N-dealkylation sites (tertiary alicyclic amines) is 1. The second-order valence-corrected chi connectivity index (χ2v) is 6.51. The zero-order valence-corrected chi connectivity index (χ0v) is 13.3. The largest absolute Gasteiger partial charge is 0.480 e. The quantitative estimate of drug-likeness (QED) is 0.867. The van der Waals surface area contributed by atoms with E-state index >= 15 is 0 Å². The van der Waals surface area contributed by atoms with Gasteiger partial charge in [-0.2, -0.15) is 0 Å². The Labute approximate surface area is 127 Å². The minimum Gasteiger partial charge on any atom is -0.480 e. The summed E-state index contributed by atoms with van der Waals surface area (Å²) in [5.41, 5.74) is 0. The molecule has 0 spiro atoms. The summed E-state index contributed by atoms with van der Waals surface area (Å²) in [6, 6.07) is -0.599. The van der Waals surface area contributed by atoms with Gasteiger partial charge >= 0.3 is 12.0 Å². The second kappa shape index (κ2) is 7.14. The Morgan fingerprint density at radius 2 is 1.90 bits per heavy atom. The van der Waals surface area contributed by atoms with Gasteiger partial charge in [-0.1, -0.05) is 26.2 Å². The zero-order chi connectivity index (χ0) is 15.4. The SMILES string of the molecule is CCCCN(C)C(=O)N1C(C(=O)O)CCC2CCCCC21. The molecule has 3 atom stereocenters. The topological polar surface area (TPSA) is 60.9 Å². The van der Waals surface area contributed by atoms with Gasteiger partial charge in [-0.25, -0.2) is 9.59 Å². The molecule has 1 aliphatic carbocycles. The van der Waals surface area contributed by atoms with Crippen molar-refractivity contribution in [2.24, 2.45) is 5.92 Å². The smallest absolute Gasteiger partial charge is 0.326 e. The molecule has 2 fully saturated rings. The third-order valence-electron chi connectivity index (χ3n) is 5.05. The molecule has 5 heteroatoms. The predicted octanol–water partition coefficient (Wildman–Crippen LogP) is 2.95. The number of amides is 2. The summed E-state index contributed by atoms with van der Waals surface area (Å²) < 4.78 is 0. The number of hydrogen-bond donors (Lipinski definition) is 1. The van der Waals surface area contributed by atoms with Gasteiger partial charge in [0.2, 0.25) is 0 Å². The van der Waals surface area contributed by atoms with E-state index < -0.39 is 12.0 Å². The number of rotatable bonds is 4. The summed E-state index contributed by atoms with van der Waals surface area (Å²) in [6.45, 7) is 2.80. The van der Waals surface area contributed by atoms with Gasteiger partial charge in [0.25, 0.3) is 0 Å².